The van der Waals surface area contributed by atoms with Gasteiger partial charge in [0.15, 0.2) is 0 Å². The molecular formula is C22H37ClN4O2. The number of carbonyl (C=O) groups is 2. The fourth-order valence-electron chi connectivity index (χ4n) is 5.67. The molecule has 164 valence electrons. The molecule has 4 aliphatic rings. The van der Waals surface area contributed by atoms with Crippen molar-refractivity contribution in [2.75, 3.05) is 32.7 Å². The van der Waals surface area contributed by atoms with Gasteiger partial charge in [0.05, 0.1) is 0 Å². The van der Waals surface area contributed by atoms with Crippen LogP contribution in [0.4, 0.5) is 0 Å². The van der Waals surface area contributed by atoms with Gasteiger partial charge in [0.1, 0.15) is 12.1 Å². The number of piperidine rings is 1. The highest BCUT2D eigenvalue weighted by Crippen LogP contribution is 2.39. The molecule has 4 rings (SSSR count). The molecule has 4 fully saturated rings. The Balaban J connectivity index is 1.50. The van der Waals surface area contributed by atoms with Crippen LogP contribution in [0.15, 0.2) is 0 Å². The van der Waals surface area contributed by atoms with Gasteiger partial charge in [-0.3, -0.25) is 14.5 Å². The molecule has 2 atom stereocenters. The van der Waals surface area contributed by atoms with E-state index < -0.39 is 5.54 Å². The lowest BCUT2D eigenvalue weighted by atomic mass is 9.79. The van der Waals surface area contributed by atoms with Crippen LogP contribution in [0.2, 0.25) is 0 Å². The third-order valence-corrected chi connectivity index (χ3v) is 8.14. The van der Waals surface area contributed by atoms with E-state index in [4.69, 9.17) is 11.6 Å². The maximum atomic E-state index is 13.6. The Bertz CT molecular complexity index is 620. The van der Waals surface area contributed by atoms with Crippen LogP contribution in [-0.4, -0.2) is 88.3 Å². The number of likely N-dealkylation sites (tertiary alicyclic amines) is 1. The van der Waals surface area contributed by atoms with Gasteiger partial charge >= 0.3 is 0 Å². The maximum absolute atomic E-state index is 13.6. The largest absolute Gasteiger partial charge is 0.329 e. The number of nitrogens with one attached hydrogen (secondary N) is 1. The van der Waals surface area contributed by atoms with Crippen molar-refractivity contribution in [2.24, 2.45) is 5.92 Å². The van der Waals surface area contributed by atoms with E-state index in [-0.39, 0.29) is 29.8 Å². The summed E-state index contributed by atoms with van der Waals surface area (Å²) in [6.07, 6.45) is 6.50. The van der Waals surface area contributed by atoms with E-state index in [9.17, 15) is 9.59 Å². The van der Waals surface area contributed by atoms with Crippen molar-refractivity contribution in [1.82, 2.24) is 20.0 Å². The summed E-state index contributed by atoms with van der Waals surface area (Å²) in [6, 6.07) is 1.11. The number of piperazine rings is 1. The second-order valence-electron chi connectivity index (χ2n) is 10.1. The summed E-state index contributed by atoms with van der Waals surface area (Å²) >= 11 is 6.29. The predicted octanol–water partition coefficient (Wildman–Crippen LogP) is 2.06. The van der Waals surface area contributed by atoms with Crippen LogP contribution in [0, 0.1) is 5.92 Å². The molecule has 0 aromatic heterocycles. The second-order valence-corrected chi connectivity index (χ2v) is 10.7. The fraction of sp³-hybridized carbons (Fsp3) is 0.909. The zero-order valence-electron chi connectivity index (χ0n) is 18.2. The van der Waals surface area contributed by atoms with Crippen LogP contribution in [-0.2, 0) is 9.59 Å². The summed E-state index contributed by atoms with van der Waals surface area (Å²) in [7, 11) is 0. The topological polar surface area (TPSA) is 55.9 Å². The quantitative estimate of drug-likeness (QED) is 0.702. The third-order valence-electron chi connectivity index (χ3n) is 7.70. The first-order chi connectivity index (χ1) is 13.8. The molecule has 2 unspecified atom stereocenters. The Morgan fingerprint density at radius 1 is 1.10 bits per heavy atom. The van der Waals surface area contributed by atoms with Gasteiger partial charge in [-0.25, -0.2) is 0 Å². The number of nitrogens with zero attached hydrogens (tertiary/aromatic N) is 3. The summed E-state index contributed by atoms with van der Waals surface area (Å²) in [6.45, 7) is 9.55. The minimum absolute atomic E-state index is 0.0587. The molecule has 1 aliphatic carbocycles. The Labute approximate surface area is 180 Å². The molecule has 1 spiro atoms. The molecule has 29 heavy (non-hydrogen) atoms. The van der Waals surface area contributed by atoms with Gasteiger partial charge in [-0.1, -0.05) is 0 Å². The van der Waals surface area contributed by atoms with Gasteiger partial charge in [0.2, 0.25) is 5.91 Å². The van der Waals surface area contributed by atoms with Crippen molar-refractivity contribution in [1.29, 1.82) is 0 Å². The van der Waals surface area contributed by atoms with E-state index >= 15 is 0 Å². The highest BCUT2D eigenvalue weighted by atomic mass is 35.5. The first-order valence-electron chi connectivity index (χ1n) is 11.5. The highest BCUT2D eigenvalue weighted by Gasteiger charge is 2.60. The average Bonchev–Trinajstić information content (AvgIpc) is 2.65. The molecule has 3 heterocycles. The molecule has 0 bridgehead atoms. The first-order valence-corrected chi connectivity index (χ1v) is 12.0. The van der Waals surface area contributed by atoms with Gasteiger partial charge in [-0.15, -0.1) is 11.6 Å². The van der Waals surface area contributed by atoms with E-state index in [0.29, 0.717) is 37.6 Å². The number of amides is 2. The molecule has 0 aromatic carbocycles. The maximum Gasteiger partial charge on any atom is 0.251 e. The molecule has 7 heteroatoms. The first kappa shape index (κ1) is 21.4. The van der Waals surface area contributed by atoms with Crippen LogP contribution in [0.3, 0.4) is 0 Å². The highest BCUT2D eigenvalue weighted by molar-refractivity contribution is 6.20. The lowest BCUT2D eigenvalue weighted by Crippen LogP contribution is -2.82. The van der Waals surface area contributed by atoms with E-state index in [0.717, 1.165) is 32.2 Å². The van der Waals surface area contributed by atoms with Gasteiger partial charge in [-0.2, -0.15) is 0 Å². The van der Waals surface area contributed by atoms with Crippen molar-refractivity contribution >= 4 is 23.4 Å². The molecular weight excluding hydrogens is 388 g/mol. The van der Waals surface area contributed by atoms with Crippen LogP contribution in [0.25, 0.3) is 0 Å². The van der Waals surface area contributed by atoms with E-state index in [1.54, 1.807) is 4.90 Å². The van der Waals surface area contributed by atoms with Gasteiger partial charge in [0, 0.05) is 49.7 Å². The average molecular weight is 425 g/mol. The molecule has 2 amide bonds. The summed E-state index contributed by atoms with van der Waals surface area (Å²) in [5, 5.41) is 3.84. The lowest BCUT2D eigenvalue weighted by molar-refractivity contribution is -0.184. The lowest BCUT2D eigenvalue weighted by Gasteiger charge is -2.61. The summed E-state index contributed by atoms with van der Waals surface area (Å²) in [4.78, 5) is 33.0. The standard InChI is InChI=1S/C22H37ClN4O2/c1-15(2)26-12-20(28)27(11-17-5-7-18(23)8-6-17)22(21(26)29)13-25(14-22)19-9-4-16(3)24-10-19/h15-19,24H,4-14H2,1-3H3. The van der Waals surface area contributed by atoms with Crippen molar-refractivity contribution < 1.29 is 9.59 Å². The number of alkyl halides is 1. The minimum atomic E-state index is -0.652. The van der Waals surface area contributed by atoms with Crippen LogP contribution < -0.4 is 5.32 Å². The summed E-state index contributed by atoms with van der Waals surface area (Å²) in [5.74, 6) is 0.753. The Kier molecular flexibility index (Phi) is 6.16. The van der Waals surface area contributed by atoms with Gasteiger partial charge in [-0.05, 0) is 65.2 Å². The van der Waals surface area contributed by atoms with E-state index in [1.165, 1.54) is 12.8 Å². The van der Waals surface area contributed by atoms with Crippen molar-refractivity contribution in [2.45, 2.75) is 88.3 Å². The predicted molar refractivity (Wildman–Crippen MR) is 115 cm³/mol. The van der Waals surface area contributed by atoms with Crippen molar-refractivity contribution in [3.8, 4) is 0 Å². The van der Waals surface area contributed by atoms with E-state index in [1.807, 2.05) is 18.7 Å². The molecule has 0 radical (unpaired) electrons. The molecule has 3 saturated heterocycles. The number of carbonyl (C=O) groups excluding carboxylic acids is 2. The van der Waals surface area contributed by atoms with Gasteiger partial charge < -0.3 is 15.1 Å². The normalized spacial score (nSPS) is 36.0. The monoisotopic (exact) mass is 424 g/mol. The van der Waals surface area contributed by atoms with Crippen LogP contribution >= 0.6 is 11.6 Å². The van der Waals surface area contributed by atoms with Crippen molar-refractivity contribution in [3.05, 3.63) is 0 Å². The summed E-state index contributed by atoms with van der Waals surface area (Å²) < 4.78 is 0. The van der Waals surface area contributed by atoms with Crippen LogP contribution in [0.5, 0.6) is 0 Å². The van der Waals surface area contributed by atoms with Crippen LogP contribution in [0.1, 0.15) is 59.3 Å². The van der Waals surface area contributed by atoms with Crippen molar-refractivity contribution in [3.63, 3.8) is 0 Å². The molecule has 1 saturated carbocycles. The Morgan fingerprint density at radius 2 is 1.79 bits per heavy atom. The number of hydrogen-bond acceptors (Lipinski definition) is 4. The molecule has 6 nitrogen and oxygen atoms in total. The zero-order valence-corrected chi connectivity index (χ0v) is 19.0. The SMILES string of the molecule is CC1CCC(N2CC3(C2)C(=O)N(C(C)C)CC(=O)N3CC2CCC(Cl)CC2)CN1. The van der Waals surface area contributed by atoms with E-state index in [2.05, 4.69) is 17.1 Å². The molecule has 1 N–H and O–H groups in total. The Hall–Kier alpha value is -0.850. The number of halogens is 1. The molecule has 3 aliphatic heterocycles. The van der Waals surface area contributed by atoms with Gasteiger partial charge in [0.25, 0.3) is 5.91 Å². The molecule has 0 aromatic rings. The number of hydrogen-bond donors (Lipinski definition) is 1. The zero-order chi connectivity index (χ0) is 20.8. The number of rotatable bonds is 4. The third kappa shape index (κ3) is 4.05. The Morgan fingerprint density at radius 3 is 2.38 bits per heavy atom. The fourth-order valence-corrected chi connectivity index (χ4v) is 5.92. The second kappa shape index (κ2) is 8.35. The summed E-state index contributed by atoms with van der Waals surface area (Å²) in [5.41, 5.74) is -0.652. The smallest absolute Gasteiger partial charge is 0.251 e. The minimum Gasteiger partial charge on any atom is -0.329 e.